The number of fused-ring (bicyclic) bond motifs is 12. The Morgan fingerprint density at radius 3 is 1.81 bits per heavy atom. The van der Waals surface area contributed by atoms with Crippen LogP contribution >= 0.6 is 0 Å². The van der Waals surface area contributed by atoms with Crippen LogP contribution in [-0.2, 0) is 72.2 Å². The molecule has 3 unspecified atom stereocenters. The zero-order valence-electron chi connectivity index (χ0n) is 55.4. The minimum Gasteiger partial charge on any atom is -0.489 e. The van der Waals surface area contributed by atoms with E-state index in [-0.39, 0.29) is 44.9 Å². The summed E-state index contributed by atoms with van der Waals surface area (Å²) in [4.78, 5) is 37.8. The van der Waals surface area contributed by atoms with E-state index < -0.39 is 29.7 Å². The lowest BCUT2D eigenvalue weighted by molar-refractivity contribution is -0.137. The lowest BCUT2D eigenvalue weighted by Gasteiger charge is -2.28. The largest absolute Gasteiger partial charge is 0.489 e. The second-order valence-corrected chi connectivity index (χ2v) is 25.7. The molecule has 3 atom stereocenters. The number of aryl methyl sites for hydroxylation is 1. The van der Waals surface area contributed by atoms with Crippen molar-refractivity contribution >= 4 is 116 Å². The highest BCUT2D eigenvalue weighted by Gasteiger charge is 2.50. The number of nitrogens with zero attached hydrogens (tertiary/aromatic N) is 15. The molecule has 0 bridgehead atoms. The summed E-state index contributed by atoms with van der Waals surface area (Å²) in [7, 11) is 0. The van der Waals surface area contributed by atoms with E-state index in [0.717, 1.165) is 88.2 Å². The molecule has 522 valence electrons. The third-order valence-corrected chi connectivity index (χ3v) is 19.2. The van der Waals surface area contributed by atoms with Gasteiger partial charge in [0.2, 0.25) is 0 Å². The van der Waals surface area contributed by atoms with Gasteiger partial charge in [0.1, 0.15) is 73.6 Å². The number of halogens is 3. The summed E-state index contributed by atoms with van der Waals surface area (Å²) in [6, 6.07) is 35.8. The lowest BCUT2D eigenvalue weighted by Crippen LogP contribution is -2.48. The topological polar surface area (TPSA) is 337 Å². The maximum absolute atomic E-state index is 14.4. The Kier molecular flexibility index (Phi) is 17.5. The number of nitrogens with two attached hydrogens (primary N) is 3. The van der Waals surface area contributed by atoms with Crippen LogP contribution in [0.1, 0.15) is 27.8 Å². The van der Waals surface area contributed by atoms with Gasteiger partial charge < -0.3 is 76.0 Å². The van der Waals surface area contributed by atoms with Gasteiger partial charge in [0.05, 0.1) is 55.4 Å². The first-order chi connectivity index (χ1) is 49.6. The number of aliphatic hydroxyl groups is 2. The first kappa shape index (κ1) is 65.6. The summed E-state index contributed by atoms with van der Waals surface area (Å²) < 4.78 is 79.4. The molecule has 15 aromatic rings. The molecule has 0 amide bonds. The van der Waals surface area contributed by atoms with Crippen molar-refractivity contribution in [2.24, 2.45) is 0 Å². The van der Waals surface area contributed by atoms with Gasteiger partial charge in [-0.25, -0.2) is 44.9 Å². The highest BCUT2D eigenvalue weighted by atomic mass is 19.4. The average molecular weight is 1380 g/mol. The molecule has 11 N–H and O–H groups in total. The smallest absolute Gasteiger partial charge is 0.416 e. The molecule has 0 radical (unpaired) electrons. The van der Waals surface area contributed by atoms with Gasteiger partial charge in [-0.1, -0.05) is 48.5 Å². The van der Waals surface area contributed by atoms with Gasteiger partial charge in [0.15, 0.2) is 40.1 Å². The van der Waals surface area contributed by atoms with E-state index in [1.54, 1.807) is 27.9 Å². The Bertz CT molecular complexity index is 5650. The molecule has 0 aliphatic carbocycles. The number of anilines is 3. The molecule has 30 heteroatoms. The van der Waals surface area contributed by atoms with Crippen LogP contribution in [-0.4, -0.2) is 154 Å². The summed E-state index contributed by atoms with van der Waals surface area (Å²) in [5, 5.41) is 39.6. The average Bonchev–Trinajstić information content (AvgIpc) is 1.61. The van der Waals surface area contributed by atoms with Crippen LogP contribution in [0.3, 0.4) is 0 Å². The number of ether oxygens (including phenoxy) is 4. The lowest BCUT2D eigenvalue weighted by atomic mass is 9.99. The van der Waals surface area contributed by atoms with Gasteiger partial charge >= 0.3 is 6.18 Å². The molecule has 1 aliphatic heterocycles. The van der Waals surface area contributed by atoms with Gasteiger partial charge in [0, 0.05) is 119 Å². The SMILES string of the molecule is Cc1ccc2c3ccc(OCc4ccc5c(c4)c4cccc(Cc6ccc7c(c6)c6ccc(C(F)(F)F)cc6n7CCNCCOCn6cnc7c(N)ncnc76)c4n5CCNCCOCn4cnc5c(N)ncnc54)cc3n(CCNCC3OCC(O)(n4cnc5c(N)ncnc54)C3O)c2c1. The fraction of sp³-hybridized carbons (Fsp3) is 0.292. The molecule has 0 spiro atoms. The molecule has 9 aromatic heterocycles. The normalized spacial score (nSPS) is 16.0. The van der Waals surface area contributed by atoms with Crippen molar-refractivity contribution in [2.45, 2.75) is 77.2 Å². The molecule has 16 rings (SSSR count). The standard InChI is InChI=1S/C72H72F3N21O6/c1-42-5-10-48-49-12-9-47(30-58(49)94(56(48)25-42)21-17-81-31-59-64(97)71(98,33-102-59)96-39-90-62-67(78)84-36-87-70(62)96)101-32-44-7-14-55-53(28-44)51-4-2-3-45(63(51)95(55)22-16-80-19-24-100-41-92-38-89-61-66(77)83-35-86-69(61)92)26-43-6-13-54-52(27-43)50-11-8-46(72(73,74)75)29-57(50)93(54)20-15-79-18-23-99-40-91-37-88-60-65(76)82-34-85-68(60)91/h2-14,25,27-30,34-39,59,64,79-81,97-98H,15-24,26,31-33,40-41H2,1H3,(H2,76,82,85)(H2,77,83,86)(H2,78,84,87). The highest BCUT2D eigenvalue weighted by molar-refractivity contribution is 6.11. The van der Waals surface area contributed by atoms with Crippen molar-refractivity contribution in [1.82, 2.24) is 88.2 Å². The van der Waals surface area contributed by atoms with Gasteiger partial charge in [0.25, 0.3) is 0 Å². The van der Waals surface area contributed by atoms with E-state index in [1.807, 2.05) is 16.7 Å². The summed E-state index contributed by atoms with van der Waals surface area (Å²) in [6.45, 7) is 7.96. The number of benzene rings is 6. The van der Waals surface area contributed by atoms with Gasteiger partial charge in [-0.15, -0.1) is 0 Å². The summed E-state index contributed by atoms with van der Waals surface area (Å²) in [6.07, 6.45) is 2.68. The van der Waals surface area contributed by atoms with E-state index in [0.29, 0.717) is 123 Å². The monoisotopic (exact) mass is 1380 g/mol. The Morgan fingerprint density at radius 2 is 1.12 bits per heavy atom. The van der Waals surface area contributed by atoms with Crippen LogP contribution in [0, 0.1) is 6.92 Å². The molecule has 102 heavy (non-hydrogen) atoms. The number of para-hydroxylation sites is 1. The van der Waals surface area contributed by atoms with Crippen molar-refractivity contribution in [1.29, 1.82) is 0 Å². The molecule has 0 saturated carbocycles. The van der Waals surface area contributed by atoms with E-state index in [1.165, 1.54) is 35.9 Å². The van der Waals surface area contributed by atoms with Crippen LogP contribution in [0.15, 0.2) is 147 Å². The third kappa shape index (κ3) is 12.3. The number of hydrogen-bond acceptors (Lipinski definition) is 21. The van der Waals surface area contributed by atoms with E-state index in [4.69, 9.17) is 36.1 Å². The summed E-state index contributed by atoms with van der Waals surface area (Å²) in [5.41, 5.74) is 28.0. The predicted molar refractivity (Wildman–Crippen MR) is 381 cm³/mol. The van der Waals surface area contributed by atoms with Crippen LogP contribution in [0.25, 0.3) is 98.9 Å². The molecular weight excluding hydrogens is 1310 g/mol. The van der Waals surface area contributed by atoms with Crippen molar-refractivity contribution in [2.75, 3.05) is 76.3 Å². The van der Waals surface area contributed by atoms with Crippen LogP contribution in [0.5, 0.6) is 5.75 Å². The van der Waals surface area contributed by atoms with Crippen LogP contribution in [0.4, 0.5) is 30.6 Å². The molecule has 1 fully saturated rings. The minimum absolute atomic E-state index is 0.167. The number of rotatable bonds is 27. The van der Waals surface area contributed by atoms with E-state index >= 15 is 0 Å². The Labute approximate surface area is 578 Å². The van der Waals surface area contributed by atoms with Crippen molar-refractivity contribution in [3.05, 3.63) is 175 Å². The Hall–Kier alpha value is -11.0. The number of hydrogen-bond donors (Lipinski definition) is 8. The first-order valence-electron chi connectivity index (χ1n) is 33.5. The number of nitrogen functional groups attached to an aromatic ring is 3. The number of alkyl halides is 3. The van der Waals surface area contributed by atoms with Crippen molar-refractivity contribution in [3.8, 4) is 5.75 Å². The second kappa shape index (κ2) is 27.2. The van der Waals surface area contributed by atoms with Crippen molar-refractivity contribution in [3.63, 3.8) is 0 Å². The Balaban J connectivity index is 0.639. The molecule has 1 saturated heterocycles. The van der Waals surface area contributed by atoms with Gasteiger partial charge in [-0.2, -0.15) is 13.2 Å². The fourth-order valence-electron chi connectivity index (χ4n) is 14.2. The zero-order chi connectivity index (χ0) is 69.8. The fourth-order valence-corrected chi connectivity index (χ4v) is 14.2. The summed E-state index contributed by atoms with van der Waals surface area (Å²) in [5.74, 6) is 1.46. The van der Waals surface area contributed by atoms with Crippen LogP contribution < -0.4 is 37.9 Å². The zero-order valence-corrected chi connectivity index (χ0v) is 55.4. The third-order valence-electron chi connectivity index (χ3n) is 19.2. The maximum atomic E-state index is 14.4. The second-order valence-electron chi connectivity index (χ2n) is 25.7. The number of nitrogens with one attached hydrogen (secondary N) is 3. The number of aromatic nitrogens is 15. The van der Waals surface area contributed by atoms with Gasteiger partial charge in [-0.3, -0.25) is 13.7 Å². The molecule has 1 aliphatic rings. The molecule has 27 nitrogen and oxygen atoms in total. The molecule has 6 aromatic carbocycles. The number of aliphatic hydroxyl groups excluding tert-OH is 1. The molecule has 10 heterocycles. The minimum atomic E-state index is -4.53. The quantitative estimate of drug-likeness (QED) is 0.0227. The highest BCUT2D eigenvalue weighted by Crippen LogP contribution is 2.40. The maximum Gasteiger partial charge on any atom is 0.416 e. The Morgan fingerprint density at radius 1 is 0.559 bits per heavy atom. The van der Waals surface area contributed by atoms with Gasteiger partial charge in [-0.05, 0) is 90.2 Å². The van der Waals surface area contributed by atoms with E-state index in [2.05, 4.69) is 156 Å². The summed E-state index contributed by atoms with van der Waals surface area (Å²) >= 11 is 0. The van der Waals surface area contributed by atoms with E-state index in [9.17, 15) is 23.4 Å². The predicted octanol–water partition coefficient (Wildman–Crippen LogP) is 7.90. The first-order valence-corrected chi connectivity index (χ1v) is 33.5. The van der Waals surface area contributed by atoms with Crippen molar-refractivity contribution < 1.29 is 42.3 Å². The number of imidazole rings is 3. The van der Waals surface area contributed by atoms with Crippen LogP contribution in [0.2, 0.25) is 0 Å². The molecular formula is C72H72F3N21O6.